The topological polar surface area (TPSA) is 65.3 Å². The zero-order valence-electron chi connectivity index (χ0n) is 18.7. The van der Waals surface area contributed by atoms with Crippen LogP contribution in [0, 0.1) is 23.1 Å². The Morgan fingerprint density at radius 3 is 2.49 bits per heavy atom. The predicted molar refractivity (Wildman–Crippen MR) is 118 cm³/mol. The molecule has 35 heavy (non-hydrogen) atoms. The van der Waals surface area contributed by atoms with Gasteiger partial charge in [0.1, 0.15) is 17.1 Å². The first-order chi connectivity index (χ1) is 16.6. The van der Waals surface area contributed by atoms with E-state index in [4.69, 9.17) is 0 Å². The monoisotopic (exact) mass is 485 g/mol. The van der Waals surface area contributed by atoms with Gasteiger partial charge >= 0.3 is 6.18 Å². The lowest BCUT2D eigenvalue weighted by molar-refractivity contribution is -0.140. The number of likely N-dealkylation sites (tertiary alicyclic amines) is 1. The number of benzene rings is 2. The molecule has 3 fully saturated rings. The van der Waals surface area contributed by atoms with Crippen LogP contribution in [-0.4, -0.2) is 29.0 Å². The fourth-order valence-corrected chi connectivity index (χ4v) is 6.25. The van der Waals surface area contributed by atoms with E-state index in [1.54, 1.807) is 12.3 Å². The average molecular weight is 485 g/mol. The number of hydrogen-bond donors (Lipinski definition) is 1. The summed E-state index contributed by atoms with van der Waals surface area (Å²) >= 11 is 0. The number of alkyl halides is 3. The van der Waals surface area contributed by atoms with Gasteiger partial charge < -0.3 is 10.0 Å². The second-order valence-electron chi connectivity index (χ2n) is 10.3. The first-order valence-electron chi connectivity index (χ1n) is 11.7. The molecular formula is C26H23F4N3O2. The van der Waals surface area contributed by atoms with Crippen LogP contribution in [0.4, 0.5) is 17.6 Å². The molecule has 5 nitrogen and oxygen atoms in total. The average Bonchev–Trinajstić information content (AvgIpc) is 3.51. The molecule has 6 rings (SSSR count). The molecule has 2 aromatic rings. The molecule has 1 saturated heterocycles. The van der Waals surface area contributed by atoms with E-state index < -0.39 is 29.0 Å². The van der Waals surface area contributed by atoms with Crippen molar-refractivity contribution in [2.45, 2.75) is 37.4 Å². The number of phenols is 1. The molecule has 1 unspecified atom stereocenters. The highest BCUT2D eigenvalue weighted by Gasteiger charge is 2.63. The lowest BCUT2D eigenvalue weighted by Crippen LogP contribution is -2.66. The van der Waals surface area contributed by atoms with Crippen molar-refractivity contribution in [3.8, 4) is 5.75 Å². The zero-order chi connectivity index (χ0) is 24.6. The number of rotatable bonds is 4. The fraction of sp³-hybridized carbons (Fsp3) is 0.423. The van der Waals surface area contributed by atoms with E-state index in [0.29, 0.717) is 25.9 Å². The van der Waals surface area contributed by atoms with Crippen molar-refractivity contribution < 1.29 is 27.5 Å². The minimum atomic E-state index is -4.51. The number of carbonyl (C=O) groups is 1. The quantitative estimate of drug-likeness (QED) is 0.536. The summed E-state index contributed by atoms with van der Waals surface area (Å²) in [5.41, 5.74) is -1.21. The van der Waals surface area contributed by atoms with Gasteiger partial charge in [-0.05, 0) is 72.9 Å². The lowest BCUT2D eigenvalue weighted by atomic mass is 9.50. The Morgan fingerprint density at radius 1 is 1.09 bits per heavy atom. The van der Waals surface area contributed by atoms with Crippen molar-refractivity contribution >= 4 is 5.91 Å². The predicted octanol–water partition coefficient (Wildman–Crippen LogP) is 6.06. The second kappa shape index (κ2) is 7.38. The number of aromatic hydroxyl groups is 1. The molecule has 0 bridgehead atoms. The van der Waals surface area contributed by atoms with E-state index in [1.807, 2.05) is 0 Å². The summed E-state index contributed by atoms with van der Waals surface area (Å²) in [6.45, 7) is 0.794. The Hall–Kier alpha value is -3.23. The van der Waals surface area contributed by atoms with Crippen LogP contribution in [-0.2, 0) is 11.7 Å². The van der Waals surface area contributed by atoms with Crippen molar-refractivity contribution in [1.82, 2.24) is 4.90 Å². The van der Waals surface area contributed by atoms with E-state index in [-0.39, 0.29) is 34.1 Å². The smallest absolute Gasteiger partial charge is 0.416 e. The van der Waals surface area contributed by atoms with E-state index in [2.05, 4.69) is 10.2 Å². The van der Waals surface area contributed by atoms with Gasteiger partial charge in [0.2, 0.25) is 0 Å². The third-order valence-electron chi connectivity index (χ3n) is 7.98. The number of nitrogens with zero attached hydrogens (tertiary/aromatic N) is 3. The SMILES string of the molecule is O=C(c1cc(O)ccc1F)N1CC2(CC(C3(c4ccccc4C(F)(F)F)N=NC=C3C3CC3)C2)C1. The van der Waals surface area contributed by atoms with Crippen molar-refractivity contribution in [2.24, 2.45) is 27.5 Å². The summed E-state index contributed by atoms with van der Waals surface area (Å²) in [6.07, 6.45) is 0.188. The molecule has 1 amide bonds. The third kappa shape index (κ3) is 3.38. The first-order valence-corrected chi connectivity index (χ1v) is 11.7. The van der Waals surface area contributed by atoms with Crippen LogP contribution in [0.5, 0.6) is 5.75 Å². The summed E-state index contributed by atoms with van der Waals surface area (Å²) in [5, 5.41) is 18.3. The summed E-state index contributed by atoms with van der Waals surface area (Å²) < 4.78 is 56.1. The van der Waals surface area contributed by atoms with E-state index in [0.717, 1.165) is 36.6 Å². The maximum absolute atomic E-state index is 14.1. The van der Waals surface area contributed by atoms with E-state index in [1.165, 1.54) is 23.1 Å². The molecule has 4 aliphatic rings. The highest BCUT2D eigenvalue weighted by atomic mass is 19.4. The van der Waals surface area contributed by atoms with Crippen LogP contribution in [0.2, 0.25) is 0 Å². The number of carbonyl (C=O) groups excluding carboxylic acids is 1. The molecular weight excluding hydrogens is 462 g/mol. The Morgan fingerprint density at radius 2 is 1.80 bits per heavy atom. The van der Waals surface area contributed by atoms with Crippen LogP contribution in [0.3, 0.4) is 0 Å². The maximum Gasteiger partial charge on any atom is 0.416 e. The van der Waals surface area contributed by atoms with Crippen LogP contribution < -0.4 is 0 Å². The highest BCUT2D eigenvalue weighted by Crippen LogP contribution is 2.65. The molecule has 1 atom stereocenters. The van der Waals surface area contributed by atoms with Gasteiger partial charge in [0.25, 0.3) is 5.91 Å². The van der Waals surface area contributed by atoms with E-state index >= 15 is 0 Å². The summed E-state index contributed by atoms with van der Waals surface area (Å²) in [7, 11) is 0. The van der Waals surface area contributed by atoms with Crippen LogP contribution in [0.1, 0.15) is 47.2 Å². The number of amides is 1. The number of halogens is 4. The molecule has 2 aromatic carbocycles. The van der Waals surface area contributed by atoms with Gasteiger partial charge in [-0.1, -0.05) is 18.2 Å². The molecule has 2 aliphatic heterocycles. The standard InChI is InChI=1S/C26H23F4N3O2/c27-22-8-7-17(34)9-18(22)23(35)33-13-24(14-33)10-16(11-24)25(21(12-31-32-25)15-5-6-15)19-3-1-2-4-20(19)26(28,29)30/h1-4,7-9,12,15-16,34H,5-6,10-11,13-14H2. The summed E-state index contributed by atoms with van der Waals surface area (Å²) in [6, 6.07) is 8.99. The number of azo groups is 1. The van der Waals surface area contributed by atoms with Crippen molar-refractivity contribution in [2.75, 3.05) is 13.1 Å². The lowest BCUT2D eigenvalue weighted by Gasteiger charge is -2.62. The van der Waals surface area contributed by atoms with Crippen molar-refractivity contribution in [1.29, 1.82) is 0 Å². The molecule has 0 radical (unpaired) electrons. The van der Waals surface area contributed by atoms with Crippen LogP contribution in [0.25, 0.3) is 0 Å². The molecule has 0 aromatic heterocycles. The van der Waals surface area contributed by atoms with Crippen LogP contribution >= 0.6 is 0 Å². The Bertz CT molecular complexity index is 1270. The molecule has 1 spiro atoms. The zero-order valence-corrected chi connectivity index (χ0v) is 18.7. The minimum Gasteiger partial charge on any atom is -0.508 e. The second-order valence-corrected chi connectivity index (χ2v) is 10.3. The minimum absolute atomic E-state index is 0.154. The molecule has 2 aliphatic carbocycles. The Balaban J connectivity index is 1.26. The number of phenolic OH excluding ortho intramolecular Hbond substituents is 1. The Kier molecular flexibility index (Phi) is 4.69. The maximum atomic E-state index is 14.1. The summed E-state index contributed by atoms with van der Waals surface area (Å²) in [4.78, 5) is 14.3. The number of hydrogen-bond acceptors (Lipinski definition) is 4. The van der Waals surface area contributed by atoms with E-state index in [9.17, 15) is 27.5 Å². The van der Waals surface area contributed by atoms with Gasteiger partial charge in [0, 0.05) is 18.5 Å². The van der Waals surface area contributed by atoms with Gasteiger partial charge in [-0.15, -0.1) is 0 Å². The van der Waals surface area contributed by atoms with Crippen molar-refractivity contribution in [3.05, 3.63) is 76.7 Å². The van der Waals surface area contributed by atoms with Crippen LogP contribution in [0.15, 0.2) is 64.5 Å². The molecule has 9 heteroatoms. The van der Waals surface area contributed by atoms with Gasteiger partial charge in [-0.25, -0.2) is 4.39 Å². The normalized spacial score (nSPS) is 25.4. The highest BCUT2D eigenvalue weighted by molar-refractivity contribution is 5.95. The first kappa shape index (κ1) is 22.2. The van der Waals surface area contributed by atoms with Gasteiger partial charge in [0.15, 0.2) is 0 Å². The molecule has 2 heterocycles. The van der Waals surface area contributed by atoms with Gasteiger partial charge in [-0.3, -0.25) is 4.79 Å². The third-order valence-corrected chi connectivity index (χ3v) is 7.98. The van der Waals surface area contributed by atoms with Gasteiger partial charge in [0.05, 0.1) is 17.3 Å². The molecule has 2 saturated carbocycles. The van der Waals surface area contributed by atoms with Gasteiger partial charge in [-0.2, -0.15) is 23.4 Å². The molecule has 182 valence electrons. The molecule has 1 N–H and O–H groups in total. The largest absolute Gasteiger partial charge is 0.508 e. The fourth-order valence-electron chi connectivity index (χ4n) is 6.25. The van der Waals surface area contributed by atoms with Crippen molar-refractivity contribution in [3.63, 3.8) is 0 Å². The Labute approximate surface area is 199 Å². The summed E-state index contributed by atoms with van der Waals surface area (Å²) in [5.74, 6) is -1.36.